The van der Waals surface area contributed by atoms with E-state index < -0.39 is 21.5 Å². The molecule has 0 aliphatic rings. The third-order valence-electron chi connectivity index (χ3n) is 4.22. The van der Waals surface area contributed by atoms with Gasteiger partial charge in [-0.05, 0) is 58.0 Å². The maximum Gasteiger partial charge on any atom is 0.414 e. The summed E-state index contributed by atoms with van der Waals surface area (Å²) in [6.45, 7) is 7.64. The maximum absolute atomic E-state index is 13.0. The van der Waals surface area contributed by atoms with Gasteiger partial charge in [-0.15, -0.1) is 0 Å². The summed E-state index contributed by atoms with van der Waals surface area (Å²) in [5.41, 5.74) is 0.694. The number of hydrogen-bond donors (Lipinski definition) is 1. The molecule has 1 amide bonds. The Bertz CT molecular complexity index is 1100. The highest BCUT2D eigenvalue weighted by Gasteiger charge is 2.25. The molecule has 0 bridgehead atoms. The number of nitrogens with one attached hydrogen (secondary N) is 1. The molecule has 0 aliphatic heterocycles. The molecular formula is C21H24N2O4S. The Kier molecular flexibility index (Phi) is 5.21. The predicted molar refractivity (Wildman–Crippen MR) is 109 cm³/mol. The second kappa shape index (κ2) is 7.31. The van der Waals surface area contributed by atoms with Crippen LogP contribution in [0.25, 0.3) is 10.9 Å². The zero-order valence-electron chi connectivity index (χ0n) is 16.4. The van der Waals surface area contributed by atoms with Gasteiger partial charge in [0.15, 0.2) is 0 Å². The third-order valence-corrected chi connectivity index (χ3v) is 5.98. The number of rotatable bonds is 4. The summed E-state index contributed by atoms with van der Waals surface area (Å²) in [7, 11) is -3.66. The zero-order valence-corrected chi connectivity index (χ0v) is 17.2. The van der Waals surface area contributed by atoms with Crippen LogP contribution in [0.1, 0.15) is 27.7 Å². The number of sulfone groups is 1. The highest BCUT2D eigenvalue weighted by atomic mass is 32.2. The fraction of sp³-hybridized carbons (Fsp3) is 0.286. The summed E-state index contributed by atoms with van der Waals surface area (Å²) in [6, 6.07) is 13.1. The molecule has 3 aromatic rings. The van der Waals surface area contributed by atoms with E-state index in [1.165, 1.54) is 4.90 Å². The van der Waals surface area contributed by atoms with Gasteiger partial charge in [-0.2, -0.15) is 0 Å². The van der Waals surface area contributed by atoms with Gasteiger partial charge in [0, 0.05) is 23.6 Å². The molecule has 1 aromatic heterocycles. The molecule has 0 aliphatic carbocycles. The van der Waals surface area contributed by atoms with E-state index in [9.17, 15) is 13.2 Å². The Morgan fingerprint density at radius 2 is 1.75 bits per heavy atom. The monoisotopic (exact) mass is 400 g/mol. The average Bonchev–Trinajstić information content (AvgIpc) is 3.05. The lowest BCUT2D eigenvalue weighted by Gasteiger charge is -2.26. The summed E-state index contributed by atoms with van der Waals surface area (Å²) >= 11 is 0. The summed E-state index contributed by atoms with van der Waals surface area (Å²) < 4.78 is 31.4. The quantitative estimate of drug-likeness (QED) is 0.685. The van der Waals surface area contributed by atoms with Crippen molar-refractivity contribution in [3.8, 4) is 0 Å². The molecule has 0 saturated heterocycles. The van der Waals surface area contributed by atoms with Crippen molar-refractivity contribution >= 4 is 32.5 Å². The van der Waals surface area contributed by atoms with Gasteiger partial charge in [-0.1, -0.05) is 18.2 Å². The number of amides is 1. The molecule has 28 heavy (non-hydrogen) atoms. The van der Waals surface area contributed by atoms with E-state index in [4.69, 9.17) is 4.74 Å². The van der Waals surface area contributed by atoms with E-state index in [0.717, 1.165) is 5.52 Å². The van der Waals surface area contributed by atoms with Gasteiger partial charge in [-0.3, -0.25) is 4.90 Å². The van der Waals surface area contributed by atoms with Crippen LogP contribution in [-0.4, -0.2) is 31.6 Å². The van der Waals surface area contributed by atoms with Crippen LogP contribution in [0.5, 0.6) is 0 Å². The number of fused-ring (bicyclic) bond motifs is 1. The minimum Gasteiger partial charge on any atom is -0.443 e. The molecule has 1 heterocycles. The molecular weight excluding hydrogens is 376 g/mol. The first kappa shape index (κ1) is 19.9. The number of aromatic nitrogens is 1. The molecule has 1 N–H and O–H groups in total. The first-order chi connectivity index (χ1) is 13.1. The summed E-state index contributed by atoms with van der Waals surface area (Å²) in [6.07, 6.45) is 1.21. The molecule has 0 spiro atoms. The number of carbonyl (C=O) groups is 1. The van der Waals surface area contributed by atoms with E-state index in [0.29, 0.717) is 17.6 Å². The molecule has 2 aromatic carbocycles. The number of H-pyrrole nitrogens is 1. The summed E-state index contributed by atoms with van der Waals surface area (Å²) in [5, 5.41) is 0.643. The van der Waals surface area contributed by atoms with E-state index in [1.54, 1.807) is 75.5 Å². The predicted octanol–water partition coefficient (Wildman–Crippen LogP) is 4.76. The van der Waals surface area contributed by atoms with Crippen molar-refractivity contribution < 1.29 is 17.9 Å². The largest absolute Gasteiger partial charge is 0.443 e. The molecule has 0 unspecified atom stereocenters. The van der Waals surface area contributed by atoms with Gasteiger partial charge >= 0.3 is 6.09 Å². The van der Waals surface area contributed by atoms with Crippen molar-refractivity contribution in [2.24, 2.45) is 0 Å². The van der Waals surface area contributed by atoms with Crippen LogP contribution in [0.2, 0.25) is 0 Å². The molecule has 0 radical (unpaired) electrons. The lowest BCUT2D eigenvalue weighted by Crippen LogP contribution is -2.36. The first-order valence-corrected chi connectivity index (χ1v) is 10.5. The first-order valence-electron chi connectivity index (χ1n) is 9.05. The number of ether oxygens (including phenoxy) is 1. The number of aromatic amines is 1. The number of carbonyl (C=O) groups excluding carboxylic acids is 1. The van der Waals surface area contributed by atoms with Crippen molar-refractivity contribution in [2.75, 3.05) is 11.4 Å². The van der Waals surface area contributed by atoms with Crippen LogP contribution in [0.15, 0.2) is 64.5 Å². The second-order valence-electron chi connectivity index (χ2n) is 7.42. The van der Waals surface area contributed by atoms with Crippen molar-refractivity contribution in [3.05, 3.63) is 54.7 Å². The van der Waals surface area contributed by atoms with Crippen LogP contribution in [0.3, 0.4) is 0 Å². The van der Waals surface area contributed by atoms with Crippen molar-refractivity contribution in [1.82, 2.24) is 4.98 Å². The van der Waals surface area contributed by atoms with E-state index >= 15 is 0 Å². The maximum atomic E-state index is 13.0. The molecule has 6 nitrogen and oxygen atoms in total. The number of hydrogen-bond acceptors (Lipinski definition) is 4. The summed E-state index contributed by atoms with van der Waals surface area (Å²) in [4.78, 5) is 17.6. The van der Waals surface area contributed by atoms with Gasteiger partial charge < -0.3 is 9.72 Å². The number of nitrogens with zero attached hydrogens (tertiary/aromatic N) is 1. The van der Waals surface area contributed by atoms with E-state index in [-0.39, 0.29) is 9.79 Å². The van der Waals surface area contributed by atoms with Gasteiger partial charge in [0.1, 0.15) is 5.60 Å². The van der Waals surface area contributed by atoms with Crippen LogP contribution >= 0.6 is 0 Å². The lowest BCUT2D eigenvalue weighted by atomic mass is 10.2. The van der Waals surface area contributed by atoms with Crippen LogP contribution in [0, 0.1) is 0 Å². The van der Waals surface area contributed by atoms with Crippen LogP contribution in [-0.2, 0) is 14.6 Å². The lowest BCUT2D eigenvalue weighted by molar-refractivity contribution is 0.0582. The van der Waals surface area contributed by atoms with Crippen molar-refractivity contribution in [3.63, 3.8) is 0 Å². The Morgan fingerprint density at radius 1 is 1.07 bits per heavy atom. The standard InChI is InChI=1S/C21H24N2O4S/c1-5-23(20(24)27-21(2,3)4)19-14-22-18-12-11-16(13-17(18)19)28(25,26)15-9-7-6-8-10-15/h6-14,22H,5H2,1-4H3. The molecule has 7 heteroatoms. The van der Waals surface area contributed by atoms with Crippen molar-refractivity contribution in [1.29, 1.82) is 0 Å². The Balaban J connectivity index is 2.07. The van der Waals surface area contributed by atoms with Crippen LogP contribution < -0.4 is 4.90 Å². The molecule has 0 saturated carbocycles. The highest BCUT2D eigenvalue weighted by Crippen LogP contribution is 2.31. The van der Waals surface area contributed by atoms with Gasteiger partial charge in [0.2, 0.25) is 9.84 Å². The van der Waals surface area contributed by atoms with Gasteiger partial charge in [0.05, 0.1) is 15.5 Å². The molecule has 3 rings (SSSR count). The van der Waals surface area contributed by atoms with E-state index in [1.807, 2.05) is 6.92 Å². The Labute approximate surface area is 165 Å². The third kappa shape index (κ3) is 3.89. The van der Waals surface area contributed by atoms with Gasteiger partial charge in [-0.25, -0.2) is 13.2 Å². The minimum absolute atomic E-state index is 0.173. The second-order valence-corrected chi connectivity index (χ2v) is 9.37. The van der Waals surface area contributed by atoms with Crippen LogP contribution in [0.4, 0.5) is 10.5 Å². The van der Waals surface area contributed by atoms with E-state index in [2.05, 4.69) is 4.98 Å². The average molecular weight is 401 g/mol. The molecule has 0 fully saturated rings. The van der Waals surface area contributed by atoms with Crippen molar-refractivity contribution in [2.45, 2.75) is 43.1 Å². The normalized spacial score (nSPS) is 12.1. The Hall–Kier alpha value is -2.80. The van der Waals surface area contributed by atoms with Gasteiger partial charge in [0.25, 0.3) is 0 Å². The Morgan fingerprint density at radius 3 is 2.36 bits per heavy atom. The smallest absolute Gasteiger partial charge is 0.414 e. The fourth-order valence-corrected chi connectivity index (χ4v) is 4.23. The topological polar surface area (TPSA) is 79.5 Å². The number of anilines is 1. The molecule has 148 valence electrons. The fourth-order valence-electron chi connectivity index (χ4n) is 2.93. The number of benzene rings is 2. The minimum atomic E-state index is -3.66. The highest BCUT2D eigenvalue weighted by molar-refractivity contribution is 7.91. The molecule has 0 atom stereocenters. The zero-order chi connectivity index (χ0) is 20.5. The summed E-state index contributed by atoms with van der Waals surface area (Å²) in [5.74, 6) is 0. The SMILES string of the molecule is CCN(C(=O)OC(C)(C)C)c1c[nH]c2ccc(S(=O)(=O)c3ccccc3)cc12.